The van der Waals surface area contributed by atoms with Gasteiger partial charge in [0, 0.05) is 0 Å². The van der Waals surface area contributed by atoms with Gasteiger partial charge < -0.3 is 19.7 Å². The van der Waals surface area contributed by atoms with Crippen LogP contribution in [0.4, 0.5) is 9.59 Å². The predicted octanol–water partition coefficient (Wildman–Crippen LogP) is 4.58. The van der Waals surface area contributed by atoms with Crippen LogP contribution in [0.2, 0.25) is 0 Å². The lowest BCUT2D eigenvalue weighted by atomic mass is 9.77. The van der Waals surface area contributed by atoms with E-state index in [2.05, 4.69) is 17.4 Å². The molecule has 1 aliphatic rings. The van der Waals surface area contributed by atoms with Crippen LogP contribution < -0.4 is 5.32 Å². The van der Waals surface area contributed by atoms with Crippen molar-refractivity contribution in [2.75, 3.05) is 13.1 Å². The van der Waals surface area contributed by atoms with Crippen LogP contribution in [0, 0.1) is 20.8 Å². The Morgan fingerprint density at radius 2 is 1.39 bits per heavy atom. The van der Waals surface area contributed by atoms with Gasteiger partial charge in [0.25, 0.3) is 0 Å². The third kappa shape index (κ3) is 5.18. The maximum absolute atomic E-state index is 12.6. The summed E-state index contributed by atoms with van der Waals surface area (Å²) in [6.45, 7) is 17.8. The average Bonchev–Trinajstić information content (AvgIpc) is 2.37. The van der Waals surface area contributed by atoms with Crippen molar-refractivity contribution < 1.29 is 19.1 Å². The first kappa shape index (κ1) is 22.1. The van der Waals surface area contributed by atoms with Crippen molar-refractivity contribution in [2.24, 2.45) is 0 Å². The van der Waals surface area contributed by atoms with Gasteiger partial charge in [0.2, 0.25) is 0 Å². The molecule has 0 bridgehead atoms. The Kier molecular flexibility index (Phi) is 5.75. The molecule has 1 aliphatic heterocycles. The van der Waals surface area contributed by atoms with Crippen molar-refractivity contribution in [3.8, 4) is 0 Å². The Bertz CT molecular complexity index is 743. The van der Waals surface area contributed by atoms with E-state index in [4.69, 9.17) is 9.47 Å². The predicted molar refractivity (Wildman–Crippen MR) is 110 cm³/mol. The van der Waals surface area contributed by atoms with Crippen LogP contribution in [0.15, 0.2) is 12.1 Å². The lowest BCUT2D eigenvalue weighted by molar-refractivity contribution is -0.0233. The maximum Gasteiger partial charge on any atom is 0.410 e. The second kappa shape index (κ2) is 7.30. The van der Waals surface area contributed by atoms with Crippen LogP contribution in [0.1, 0.15) is 63.8 Å². The van der Waals surface area contributed by atoms with Gasteiger partial charge in [-0.05, 0) is 79.0 Å². The first-order valence-electron chi connectivity index (χ1n) is 9.69. The average molecular weight is 391 g/mol. The standard InChI is InChI=1S/C22H34N2O4/c1-14-10-15(2)17(16(3)11-14)22(23-18(25)27-20(4,5)6)12-24(13-22)19(26)28-21(7,8)9/h10-11H,12-13H2,1-9H3,(H,23,25). The third-order valence-corrected chi connectivity index (χ3v) is 4.47. The monoisotopic (exact) mass is 390 g/mol. The molecular formula is C22H34N2O4. The number of carbonyl (C=O) groups is 2. The Hall–Kier alpha value is -2.24. The zero-order valence-electron chi connectivity index (χ0n) is 18.6. The van der Waals surface area contributed by atoms with E-state index in [0.717, 1.165) is 22.3 Å². The largest absolute Gasteiger partial charge is 0.444 e. The van der Waals surface area contributed by atoms with Gasteiger partial charge in [-0.15, -0.1) is 0 Å². The molecule has 0 radical (unpaired) electrons. The molecule has 2 rings (SSSR count). The van der Waals surface area contributed by atoms with Gasteiger partial charge in [-0.3, -0.25) is 0 Å². The quantitative estimate of drug-likeness (QED) is 0.802. The summed E-state index contributed by atoms with van der Waals surface area (Å²) in [6, 6.07) is 4.19. The Labute approximate surface area is 168 Å². The fraction of sp³-hybridized carbons (Fsp3) is 0.636. The van der Waals surface area contributed by atoms with Crippen molar-refractivity contribution in [3.63, 3.8) is 0 Å². The summed E-state index contributed by atoms with van der Waals surface area (Å²) in [6.07, 6.45) is -0.868. The van der Waals surface area contributed by atoms with Crippen LogP contribution in [0.5, 0.6) is 0 Å². The fourth-order valence-electron chi connectivity index (χ4n) is 3.79. The van der Waals surface area contributed by atoms with E-state index >= 15 is 0 Å². The van der Waals surface area contributed by atoms with Crippen LogP contribution in [0.3, 0.4) is 0 Å². The lowest BCUT2D eigenvalue weighted by Crippen LogP contribution is -2.70. The van der Waals surface area contributed by atoms with Crippen molar-refractivity contribution in [1.29, 1.82) is 0 Å². The van der Waals surface area contributed by atoms with Crippen molar-refractivity contribution >= 4 is 12.2 Å². The molecule has 1 N–H and O–H groups in total. The normalized spacial score (nSPS) is 16.2. The number of amides is 2. The van der Waals surface area contributed by atoms with Crippen molar-refractivity contribution in [3.05, 3.63) is 34.4 Å². The lowest BCUT2D eigenvalue weighted by Gasteiger charge is -2.51. The van der Waals surface area contributed by atoms with Gasteiger partial charge in [0.1, 0.15) is 16.7 Å². The molecule has 0 aromatic heterocycles. The smallest absolute Gasteiger partial charge is 0.410 e. The van der Waals surface area contributed by atoms with Crippen LogP contribution >= 0.6 is 0 Å². The highest BCUT2D eigenvalue weighted by atomic mass is 16.6. The molecule has 1 aromatic carbocycles. The minimum Gasteiger partial charge on any atom is -0.444 e. The highest BCUT2D eigenvalue weighted by molar-refractivity contribution is 5.74. The van der Waals surface area contributed by atoms with E-state index in [0.29, 0.717) is 13.1 Å². The number of aryl methyl sites for hydroxylation is 3. The van der Waals surface area contributed by atoms with Gasteiger partial charge >= 0.3 is 12.2 Å². The number of nitrogens with one attached hydrogen (secondary N) is 1. The van der Waals surface area contributed by atoms with Crippen LogP contribution in [0.25, 0.3) is 0 Å². The van der Waals surface area contributed by atoms with Crippen molar-refractivity contribution in [1.82, 2.24) is 10.2 Å². The number of hydrogen-bond donors (Lipinski definition) is 1. The first-order valence-corrected chi connectivity index (χ1v) is 9.69. The molecule has 6 nitrogen and oxygen atoms in total. The van der Waals surface area contributed by atoms with Gasteiger partial charge in [-0.2, -0.15) is 0 Å². The third-order valence-electron chi connectivity index (χ3n) is 4.47. The van der Waals surface area contributed by atoms with E-state index in [1.807, 2.05) is 62.3 Å². The molecule has 2 amide bonds. The molecule has 1 aromatic rings. The van der Waals surface area contributed by atoms with E-state index in [1.165, 1.54) is 0 Å². The van der Waals surface area contributed by atoms with E-state index in [-0.39, 0.29) is 6.09 Å². The number of hydrogen-bond acceptors (Lipinski definition) is 4. The van der Waals surface area contributed by atoms with E-state index in [1.54, 1.807) is 4.90 Å². The minimum absolute atomic E-state index is 0.339. The fourth-order valence-corrected chi connectivity index (χ4v) is 3.79. The Morgan fingerprint density at radius 3 is 1.82 bits per heavy atom. The SMILES string of the molecule is Cc1cc(C)c(C2(NC(=O)OC(C)(C)C)CN(C(=O)OC(C)(C)C)C2)c(C)c1. The summed E-state index contributed by atoms with van der Waals surface area (Å²) >= 11 is 0. The van der Waals surface area contributed by atoms with E-state index in [9.17, 15) is 9.59 Å². The molecule has 0 atom stereocenters. The van der Waals surface area contributed by atoms with Gasteiger partial charge in [-0.25, -0.2) is 9.59 Å². The highest BCUT2D eigenvalue weighted by Gasteiger charge is 2.50. The summed E-state index contributed by atoms with van der Waals surface area (Å²) < 4.78 is 11.0. The molecule has 1 heterocycles. The minimum atomic E-state index is -0.693. The van der Waals surface area contributed by atoms with Gasteiger partial charge in [0.05, 0.1) is 13.1 Å². The van der Waals surface area contributed by atoms with Crippen molar-refractivity contribution in [2.45, 2.75) is 79.1 Å². The Morgan fingerprint density at radius 1 is 0.929 bits per heavy atom. The number of rotatable bonds is 2. The summed E-state index contributed by atoms with van der Waals surface area (Å²) in [5, 5.41) is 3.04. The number of likely N-dealkylation sites (tertiary alicyclic amines) is 1. The second-order valence-electron chi connectivity index (χ2n) is 9.82. The first-order chi connectivity index (χ1) is 12.6. The highest BCUT2D eigenvalue weighted by Crippen LogP contribution is 2.37. The summed E-state index contributed by atoms with van der Waals surface area (Å²) in [4.78, 5) is 26.6. The number of nitrogens with zero attached hydrogens (tertiary/aromatic N) is 1. The number of ether oxygens (including phenoxy) is 2. The molecule has 156 valence electrons. The molecule has 28 heavy (non-hydrogen) atoms. The Balaban J connectivity index is 2.32. The van der Waals surface area contributed by atoms with E-state index < -0.39 is 22.8 Å². The molecule has 0 spiro atoms. The van der Waals surface area contributed by atoms with Gasteiger partial charge in [-0.1, -0.05) is 17.7 Å². The molecule has 0 aliphatic carbocycles. The molecule has 1 saturated heterocycles. The number of carbonyl (C=O) groups excluding carboxylic acids is 2. The second-order valence-corrected chi connectivity index (χ2v) is 9.82. The molecule has 0 unspecified atom stereocenters. The topological polar surface area (TPSA) is 67.9 Å². The molecular weight excluding hydrogens is 356 g/mol. The van der Waals surface area contributed by atoms with Crippen LogP contribution in [-0.2, 0) is 15.0 Å². The maximum atomic E-state index is 12.6. The summed E-state index contributed by atoms with van der Waals surface area (Å²) in [7, 11) is 0. The van der Waals surface area contributed by atoms with Crippen LogP contribution in [-0.4, -0.2) is 41.4 Å². The van der Waals surface area contributed by atoms with Gasteiger partial charge in [0.15, 0.2) is 0 Å². The zero-order chi connectivity index (χ0) is 21.5. The molecule has 0 saturated carbocycles. The summed E-state index contributed by atoms with van der Waals surface area (Å²) in [5.41, 5.74) is 2.50. The summed E-state index contributed by atoms with van der Waals surface area (Å²) in [5.74, 6) is 0. The number of benzene rings is 1. The molecule has 1 fully saturated rings. The zero-order valence-corrected chi connectivity index (χ0v) is 18.6. The molecule has 6 heteroatoms. The number of alkyl carbamates (subject to hydrolysis) is 1.